The van der Waals surface area contributed by atoms with Gasteiger partial charge < -0.3 is 10.2 Å². The Balaban J connectivity index is 0.00000144. The molecule has 0 bridgehead atoms. The van der Waals surface area contributed by atoms with Crippen molar-refractivity contribution in [2.24, 2.45) is 0 Å². The van der Waals surface area contributed by atoms with Gasteiger partial charge in [-0.2, -0.15) is 16.9 Å². The third-order valence-corrected chi connectivity index (χ3v) is 5.85. The van der Waals surface area contributed by atoms with E-state index in [-0.39, 0.29) is 24.8 Å². The maximum atomic E-state index is 12.4. The molecule has 5 nitrogen and oxygen atoms in total. The van der Waals surface area contributed by atoms with Gasteiger partial charge in [0.25, 0.3) is 0 Å². The molecule has 0 radical (unpaired) electrons. The van der Waals surface area contributed by atoms with E-state index in [1.807, 2.05) is 22.6 Å². The Morgan fingerprint density at radius 2 is 2.12 bits per heavy atom. The zero-order valence-corrected chi connectivity index (χ0v) is 16.6. The first-order valence-electron chi connectivity index (χ1n) is 8.37. The van der Waals surface area contributed by atoms with Gasteiger partial charge in [0.15, 0.2) is 0 Å². The maximum Gasteiger partial charge on any atom is 0.224 e. The first kappa shape index (κ1) is 21.6. The second-order valence-corrected chi connectivity index (χ2v) is 7.36. The van der Waals surface area contributed by atoms with Gasteiger partial charge in [0.05, 0.1) is 6.20 Å². The fourth-order valence-electron chi connectivity index (χ4n) is 3.32. The van der Waals surface area contributed by atoms with Crippen LogP contribution in [0.2, 0.25) is 0 Å². The molecule has 24 heavy (non-hydrogen) atoms. The minimum atomic E-state index is 0. The van der Waals surface area contributed by atoms with Gasteiger partial charge in [0.1, 0.15) is 0 Å². The molecule has 8 heteroatoms. The lowest BCUT2D eigenvalue weighted by Crippen LogP contribution is -2.44. The number of aryl methyl sites for hydroxylation is 1. The van der Waals surface area contributed by atoms with E-state index in [1.165, 1.54) is 11.3 Å². The van der Waals surface area contributed by atoms with Crippen molar-refractivity contribution in [3.8, 4) is 0 Å². The molecule has 1 aromatic rings. The molecule has 1 N–H and O–H groups in total. The third kappa shape index (κ3) is 5.55. The van der Waals surface area contributed by atoms with Crippen molar-refractivity contribution in [1.29, 1.82) is 0 Å². The Hall–Kier alpha value is -0.430. The van der Waals surface area contributed by atoms with Gasteiger partial charge in [0.2, 0.25) is 5.91 Å². The van der Waals surface area contributed by atoms with E-state index in [0.717, 1.165) is 44.8 Å². The van der Waals surface area contributed by atoms with Crippen molar-refractivity contribution in [2.75, 3.05) is 31.1 Å². The topological polar surface area (TPSA) is 50.2 Å². The Kier molecular flexibility index (Phi) is 9.49. The molecule has 0 aliphatic carbocycles. The Morgan fingerprint density at radius 1 is 1.38 bits per heavy atom. The number of likely N-dealkylation sites (tertiary alicyclic amines) is 1. The second kappa shape index (κ2) is 10.5. The average Bonchev–Trinajstić information content (AvgIpc) is 3.05. The van der Waals surface area contributed by atoms with E-state index >= 15 is 0 Å². The highest BCUT2D eigenvalue weighted by Crippen LogP contribution is 2.28. The minimum Gasteiger partial charge on any atom is -0.343 e. The van der Waals surface area contributed by atoms with Crippen LogP contribution in [0.5, 0.6) is 0 Å². The van der Waals surface area contributed by atoms with Crippen molar-refractivity contribution in [2.45, 2.75) is 44.7 Å². The number of hydrogen-bond donors (Lipinski definition) is 1. The van der Waals surface area contributed by atoms with Crippen LogP contribution in [-0.4, -0.2) is 57.8 Å². The molecule has 0 aromatic carbocycles. The van der Waals surface area contributed by atoms with Crippen LogP contribution in [0.25, 0.3) is 0 Å². The van der Waals surface area contributed by atoms with Crippen molar-refractivity contribution in [1.82, 2.24) is 20.0 Å². The number of piperidine rings is 1. The summed E-state index contributed by atoms with van der Waals surface area (Å²) in [5, 5.41) is 7.82. The highest BCUT2D eigenvalue weighted by Gasteiger charge is 2.26. The number of thioether (sulfide) groups is 1. The first-order valence-corrected chi connectivity index (χ1v) is 9.53. The summed E-state index contributed by atoms with van der Waals surface area (Å²) in [5.74, 6) is 3.12. The lowest BCUT2D eigenvalue weighted by molar-refractivity contribution is -0.132. The first-order chi connectivity index (χ1) is 10.8. The molecular formula is C16H28Cl2N4OS. The summed E-state index contributed by atoms with van der Waals surface area (Å²) < 4.78 is 1.99. The lowest BCUT2D eigenvalue weighted by atomic mass is 9.91. The van der Waals surface area contributed by atoms with Crippen LogP contribution in [-0.2, 0) is 11.3 Å². The van der Waals surface area contributed by atoms with Crippen molar-refractivity contribution in [3.63, 3.8) is 0 Å². The molecule has 2 saturated heterocycles. The number of rotatable bonds is 4. The van der Waals surface area contributed by atoms with Crippen LogP contribution in [0, 0.1) is 0 Å². The van der Waals surface area contributed by atoms with Gasteiger partial charge in [-0.25, -0.2) is 0 Å². The number of carbonyl (C=O) groups excluding carboxylic acids is 1. The highest BCUT2D eigenvalue weighted by atomic mass is 35.5. The Bertz CT molecular complexity index is 500. The van der Waals surface area contributed by atoms with E-state index < -0.39 is 0 Å². The zero-order chi connectivity index (χ0) is 15.4. The van der Waals surface area contributed by atoms with Crippen molar-refractivity contribution < 1.29 is 4.79 Å². The quantitative estimate of drug-likeness (QED) is 0.852. The van der Waals surface area contributed by atoms with Crippen LogP contribution in [0.1, 0.15) is 37.7 Å². The summed E-state index contributed by atoms with van der Waals surface area (Å²) in [4.78, 5) is 14.5. The maximum absolute atomic E-state index is 12.4. The van der Waals surface area contributed by atoms with Gasteiger partial charge in [-0.05, 0) is 31.2 Å². The molecule has 138 valence electrons. The van der Waals surface area contributed by atoms with E-state index in [0.29, 0.717) is 24.3 Å². The molecule has 0 spiro atoms. The highest BCUT2D eigenvalue weighted by molar-refractivity contribution is 7.99. The molecular weight excluding hydrogens is 367 g/mol. The SMILES string of the molecule is CCn1cc(C2CCN(C(=O)CC3CSCCN3)CC2)cn1.Cl.Cl. The molecule has 2 aliphatic rings. The normalized spacial score (nSPS) is 21.7. The monoisotopic (exact) mass is 394 g/mol. The average molecular weight is 395 g/mol. The van der Waals surface area contributed by atoms with Gasteiger partial charge in [-0.1, -0.05) is 0 Å². The van der Waals surface area contributed by atoms with Crippen molar-refractivity contribution in [3.05, 3.63) is 18.0 Å². The Morgan fingerprint density at radius 3 is 2.71 bits per heavy atom. The van der Waals surface area contributed by atoms with Crippen LogP contribution in [0.15, 0.2) is 12.4 Å². The van der Waals surface area contributed by atoms with Gasteiger partial charge in [-0.3, -0.25) is 9.48 Å². The number of hydrogen-bond acceptors (Lipinski definition) is 4. The van der Waals surface area contributed by atoms with Crippen molar-refractivity contribution >= 4 is 42.5 Å². The summed E-state index contributed by atoms with van der Waals surface area (Å²) in [6.45, 7) is 5.84. The summed E-state index contributed by atoms with van der Waals surface area (Å²) in [5.41, 5.74) is 1.33. The number of nitrogens with zero attached hydrogens (tertiary/aromatic N) is 3. The van der Waals surface area contributed by atoms with E-state index in [9.17, 15) is 4.79 Å². The molecule has 2 aliphatic heterocycles. The van der Waals surface area contributed by atoms with E-state index in [2.05, 4.69) is 28.4 Å². The van der Waals surface area contributed by atoms with Gasteiger partial charge >= 0.3 is 0 Å². The molecule has 1 amide bonds. The number of amides is 1. The van der Waals surface area contributed by atoms with E-state index in [4.69, 9.17) is 0 Å². The van der Waals surface area contributed by atoms with Crippen LogP contribution < -0.4 is 5.32 Å². The molecule has 1 aromatic heterocycles. The molecule has 1 atom stereocenters. The molecule has 2 fully saturated rings. The predicted octanol–water partition coefficient (Wildman–Crippen LogP) is 2.55. The Labute approximate surface area is 161 Å². The number of halogens is 2. The van der Waals surface area contributed by atoms with Crippen LogP contribution in [0.4, 0.5) is 0 Å². The smallest absolute Gasteiger partial charge is 0.224 e. The molecule has 0 saturated carbocycles. The third-order valence-electron chi connectivity index (χ3n) is 4.72. The molecule has 3 rings (SSSR count). The molecule has 1 unspecified atom stereocenters. The minimum absolute atomic E-state index is 0. The lowest BCUT2D eigenvalue weighted by Gasteiger charge is -2.33. The number of aromatic nitrogens is 2. The standard InChI is InChI=1S/C16H26N4OS.2ClH/c1-2-20-11-14(10-18-20)13-3-6-19(7-4-13)16(21)9-15-12-22-8-5-17-15;;/h10-11,13,15,17H,2-9,12H2,1H3;2*1H. The fourth-order valence-corrected chi connectivity index (χ4v) is 4.27. The van der Waals surface area contributed by atoms with Crippen LogP contribution in [0.3, 0.4) is 0 Å². The summed E-state index contributed by atoms with van der Waals surface area (Å²) in [6, 6.07) is 0.367. The largest absolute Gasteiger partial charge is 0.343 e. The second-order valence-electron chi connectivity index (χ2n) is 6.21. The van der Waals surface area contributed by atoms with Crippen LogP contribution >= 0.6 is 36.6 Å². The van der Waals surface area contributed by atoms with E-state index in [1.54, 1.807) is 0 Å². The van der Waals surface area contributed by atoms with Gasteiger partial charge in [0, 0.05) is 56.3 Å². The summed E-state index contributed by atoms with van der Waals surface area (Å²) in [6.07, 6.45) is 6.94. The fraction of sp³-hybridized carbons (Fsp3) is 0.750. The zero-order valence-electron chi connectivity index (χ0n) is 14.1. The van der Waals surface area contributed by atoms with Gasteiger partial charge in [-0.15, -0.1) is 24.8 Å². The number of nitrogens with one attached hydrogen (secondary N) is 1. The summed E-state index contributed by atoms with van der Waals surface area (Å²) >= 11 is 1.95. The molecule has 3 heterocycles. The predicted molar refractivity (Wildman–Crippen MR) is 105 cm³/mol. The summed E-state index contributed by atoms with van der Waals surface area (Å²) in [7, 11) is 0. The number of carbonyl (C=O) groups is 1.